The number of carbonyl (C=O) groups is 1. The van der Waals surface area contributed by atoms with E-state index < -0.39 is 9.46 Å². The Bertz CT molecular complexity index is 457. The SMILES string of the molecule is COc1cc2c(cc1OC)C(=O)C(F)(I)C2. The van der Waals surface area contributed by atoms with Gasteiger partial charge in [-0.05, 0) is 40.3 Å². The number of rotatable bonds is 2. The summed E-state index contributed by atoms with van der Waals surface area (Å²) in [5, 5.41) is 0. The number of hydrogen-bond acceptors (Lipinski definition) is 3. The molecule has 0 N–H and O–H groups in total. The highest BCUT2D eigenvalue weighted by atomic mass is 127. The highest BCUT2D eigenvalue weighted by molar-refractivity contribution is 14.1. The van der Waals surface area contributed by atoms with Crippen molar-refractivity contribution in [3.05, 3.63) is 23.3 Å². The zero-order chi connectivity index (χ0) is 11.9. The molecule has 1 aliphatic carbocycles. The fourth-order valence-electron chi connectivity index (χ4n) is 1.80. The second kappa shape index (κ2) is 3.87. The summed E-state index contributed by atoms with van der Waals surface area (Å²) in [5.41, 5.74) is 1.05. The summed E-state index contributed by atoms with van der Waals surface area (Å²) in [6.07, 6.45) is 0.0854. The molecule has 3 nitrogen and oxygen atoms in total. The van der Waals surface area contributed by atoms with Gasteiger partial charge in [0.2, 0.25) is 9.46 Å². The molecule has 0 spiro atoms. The monoisotopic (exact) mass is 336 g/mol. The van der Waals surface area contributed by atoms with E-state index in [0.29, 0.717) is 22.6 Å². The lowest BCUT2D eigenvalue weighted by Crippen LogP contribution is -2.21. The van der Waals surface area contributed by atoms with Gasteiger partial charge in [-0.1, -0.05) is 0 Å². The molecule has 0 amide bonds. The van der Waals surface area contributed by atoms with Gasteiger partial charge >= 0.3 is 0 Å². The van der Waals surface area contributed by atoms with Crippen LogP contribution in [0.15, 0.2) is 12.1 Å². The zero-order valence-electron chi connectivity index (χ0n) is 8.84. The third kappa shape index (κ3) is 1.66. The van der Waals surface area contributed by atoms with Crippen molar-refractivity contribution < 1.29 is 18.7 Å². The molecule has 2 rings (SSSR count). The summed E-state index contributed by atoms with van der Waals surface area (Å²) in [6, 6.07) is 3.20. The van der Waals surface area contributed by atoms with Crippen LogP contribution < -0.4 is 9.47 Å². The first-order valence-corrected chi connectivity index (χ1v) is 5.75. The molecule has 86 valence electrons. The lowest BCUT2D eigenvalue weighted by Gasteiger charge is -2.08. The molecular weight excluding hydrogens is 326 g/mol. The molecule has 0 saturated carbocycles. The molecule has 0 aliphatic heterocycles. The third-order valence-electron chi connectivity index (χ3n) is 2.60. The molecule has 0 heterocycles. The first-order valence-electron chi connectivity index (χ1n) is 4.67. The summed E-state index contributed by atoms with van der Waals surface area (Å²) in [6.45, 7) is 0. The standard InChI is InChI=1S/C11H10FIO3/c1-15-8-3-6-5-11(12,13)10(14)7(6)4-9(8)16-2/h3-4H,5H2,1-2H3. The van der Waals surface area contributed by atoms with Crippen molar-refractivity contribution in [2.24, 2.45) is 0 Å². The van der Waals surface area contributed by atoms with E-state index in [0.717, 1.165) is 0 Å². The van der Waals surface area contributed by atoms with Crippen LogP contribution in [0.5, 0.6) is 11.5 Å². The minimum absolute atomic E-state index is 0.0854. The first-order chi connectivity index (χ1) is 7.49. The number of Topliss-reactive ketones (excluding diaryl/α,β-unsaturated/α-hetero) is 1. The van der Waals surface area contributed by atoms with Crippen LogP contribution in [-0.2, 0) is 6.42 Å². The quantitative estimate of drug-likeness (QED) is 0.615. The predicted octanol–water partition coefficient (Wildman–Crippen LogP) is 2.54. The van der Waals surface area contributed by atoms with E-state index >= 15 is 0 Å². The Morgan fingerprint density at radius 2 is 1.88 bits per heavy atom. The molecule has 1 aromatic rings. The van der Waals surface area contributed by atoms with Gasteiger partial charge in [0.1, 0.15) is 0 Å². The molecule has 1 unspecified atom stereocenters. The number of methoxy groups -OCH3 is 2. The number of fused-ring (bicyclic) bond motifs is 1. The molecule has 1 atom stereocenters. The lowest BCUT2D eigenvalue weighted by atomic mass is 10.1. The maximum absolute atomic E-state index is 13.8. The van der Waals surface area contributed by atoms with Crippen LogP contribution in [0, 0.1) is 0 Å². The maximum Gasteiger partial charge on any atom is 0.227 e. The van der Waals surface area contributed by atoms with Gasteiger partial charge in [0.15, 0.2) is 11.5 Å². The van der Waals surface area contributed by atoms with Gasteiger partial charge < -0.3 is 9.47 Å². The Labute approximate surface area is 106 Å². The van der Waals surface area contributed by atoms with Crippen molar-refractivity contribution in [2.45, 2.75) is 10.1 Å². The van der Waals surface area contributed by atoms with E-state index in [-0.39, 0.29) is 6.42 Å². The number of hydrogen-bond donors (Lipinski definition) is 0. The van der Waals surface area contributed by atoms with Gasteiger partial charge in [0.05, 0.1) is 14.2 Å². The number of alkyl halides is 2. The molecule has 5 heteroatoms. The molecule has 0 radical (unpaired) electrons. The number of ketones is 1. The second-order valence-corrected chi connectivity index (χ2v) is 5.28. The van der Waals surface area contributed by atoms with E-state index in [4.69, 9.17) is 9.47 Å². The number of carbonyl (C=O) groups excluding carboxylic acids is 1. The van der Waals surface area contributed by atoms with Crippen LogP contribution >= 0.6 is 22.6 Å². The Balaban J connectivity index is 2.56. The summed E-state index contributed by atoms with van der Waals surface area (Å²) in [5.74, 6) is 0.468. The van der Waals surface area contributed by atoms with Gasteiger partial charge in [0, 0.05) is 12.0 Å². The summed E-state index contributed by atoms with van der Waals surface area (Å²) < 4.78 is 22.2. The Hall–Kier alpha value is -0.850. The van der Waals surface area contributed by atoms with Gasteiger partial charge in [-0.15, -0.1) is 0 Å². The van der Waals surface area contributed by atoms with Crippen LogP contribution in [0.1, 0.15) is 15.9 Å². The fraction of sp³-hybridized carbons (Fsp3) is 0.364. The average Bonchev–Trinajstić information content (AvgIpc) is 2.48. The van der Waals surface area contributed by atoms with Crippen molar-refractivity contribution in [1.82, 2.24) is 0 Å². The second-order valence-electron chi connectivity index (χ2n) is 3.57. The van der Waals surface area contributed by atoms with E-state index in [9.17, 15) is 9.18 Å². The molecule has 0 aromatic heterocycles. The maximum atomic E-state index is 13.8. The predicted molar refractivity (Wildman–Crippen MR) is 65.4 cm³/mol. The molecule has 0 bridgehead atoms. The topological polar surface area (TPSA) is 35.5 Å². The Morgan fingerprint density at radius 1 is 1.31 bits per heavy atom. The van der Waals surface area contributed by atoms with Gasteiger partial charge in [-0.2, -0.15) is 0 Å². The van der Waals surface area contributed by atoms with Crippen LogP contribution in [0.2, 0.25) is 0 Å². The first kappa shape index (κ1) is 11.6. The van der Waals surface area contributed by atoms with Crippen LogP contribution in [0.25, 0.3) is 0 Å². The van der Waals surface area contributed by atoms with Crippen molar-refractivity contribution >= 4 is 28.4 Å². The fourth-order valence-corrected chi connectivity index (χ4v) is 2.50. The number of halogens is 2. The van der Waals surface area contributed by atoms with E-state index in [1.807, 2.05) is 0 Å². The lowest BCUT2D eigenvalue weighted by molar-refractivity contribution is 0.0882. The molecule has 1 aliphatic rings. The summed E-state index contributed by atoms with van der Waals surface area (Å²) >= 11 is 1.54. The molecule has 16 heavy (non-hydrogen) atoms. The number of ether oxygens (including phenoxy) is 2. The molecular formula is C11H10FIO3. The minimum Gasteiger partial charge on any atom is -0.493 e. The van der Waals surface area contributed by atoms with Crippen LogP contribution in [0.3, 0.4) is 0 Å². The van der Waals surface area contributed by atoms with Crippen LogP contribution in [0.4, 0.5) is 4.39 Å². The van der Waals surface area contributed by atoms with Gasteiger partial charge in [0.25, 0.3) is 0 Å². The van der Waals surface area contributed by atoms with Crippen molar-refractivity contribution in [1.29, 1.82) is 0 Å². The molecule has 0 fully saturated rings. The highest BCUT2D eigenvalue weighted by Crippen LogP contribution is 2.42. The van der Waals surface area contributed by atoms with Crippen molar-refractivity contribution in [3.63, 3.8) is 0 Å². The Morgan fingerprint density at radius 3 is 2.44 bits per heavy atom. The Kier molecular flexibility index (Phi) is 2.81. The number of benzene rings is 1. The normalized spacial score (nSPS) is 23.1. The summed E-state index contributed by atoms with van der Waals surface area (Å²) in [7, 11) is 2.99. The van der Waals surface area contributed by atoms with Gasteiger partial charge in [-0.25, -0.2) is 4.39 Å². The van der Waals surface area contributed by atoms with Crippen LogP contribution in [-0.4, -0.2) is 23.7 Å². The van der Waals surface area contributed by atoms with E-state index in [1.165, 1.54) is 42.9 Å². The average molecular weight is 336 g/mol. The highest BCUT2D eigenvalue weighted by Gasteiger charge is 2.44. The van der Waals surface area contributed by atoms with E-state index in [2.05, 4.69) is 0 Å². The third-order valence-corrected chi connectivity index (χ3v) is 3.47. The minimum atomic E-state index is -1.84. The van der Waals surface area contributed by atoms with Gasteiger partial charge in [-0.3, -0.25) is 4.79 Å². The molecule has 1 aromatic carbocycles. The van der Waals surface area contributed by atoms with Crippen molar-refractivity contribution in [3.8, 4) is 11.5 Å². The van der Waals surface area contributed by atoms with Crippen molar-refractivity contribution in [2.75, 3.05) is 14.2 Å². The van der Waals surface area contributed by atoms with E-state index in [1.54, 1.807) is 6.07 Å². The smallest absolute Gasteiger partial charge is 0.227 e. The zero-order valence-corrected chi connectivity index (χ0v) is 11.0. The molecule has 0 saturated heterocycles. The summed E-state index contributed by atoms with van der Waals surface area (Å²) in [4.78, 5) is 11.7. The largest absolute Gasteiger partial charge is 0.493 e.